The first kappa shape index (κ1) is 14.3. The molecule has 0 aliphatic heterocycles. The van der Waals surface area contributed by atoms with Crippen molar-refractivity contribution in [3.05, 3.63) is 64.1 Å². The maximum atomic E-state index is 12.0. The Morgan fingerprint density at radius 3 is 2.45 bits per heavy atom. The molecule has 2 N–H and O–H groups in total. The van der Waals surface area contributed by atoms with Crippen molar-refractivity contribution in [2.45, 2.75) is 6.92 Å². The number of nitrogens with one attached hydrogen (secondary N) is 1. The van der Waals surface area contributed by atoms with E-state index in [1.807, 2.05) is 6.07 Å². The first-order chi connectivity index (χ1) is 9.58. The summed E-state index contributed by atoms with van der Waals surface area (Å²) >= 11 is 3.32. The highest BCUT2D eigenvalue weighted by Crippen LogP contribution is 2.15. The molecule has 2 aromatic rings. The molecule has 0 saturated carbocycles. The summed E-state index contributed by atoms with van der Waals surface area (Å²) in [5, 5.41) is 13.3. The largest absolute Gasteiger partial charge is 0.508 e. The molecular weight excluding hydrogens is 320 g/mol. The summed E-state index contributed by atoms with van der Waals surface area (Å²) in [5.74, 6) is -0.0885. The van der Waals surface area contributed by atoms with Crippen molar-refractivity contribution >= 4 is 27.5 Å². The highest BCUT2D eigenvalue weighted by atomic mass is 79.9. The zero-order valence-electron chi connectivity index (χ0n) is 10.8. The van der Waals surface area contributed by atoms with Crippen LogP contribution in [0.15, 0.2) is 58.1 Å². The number of amides is 1. The van der Waals surface area contributed by atoms with Gasteiger partial charge in [-0.3, -0.25) is 4.79 Å². The van der Waals surface area contributed by atoms with Crippen LogP contribution in [0.3, 0.4) is 0 Å². The van der Waals surface area contributed by atoms with E-state index in [-0.39, 0.29) is 11.7 Å². The molecule has 0 heterocycles. The number of phenolic OH excluding ortho intramolecular Hbond substituents is 1. The van der Waals surface area contributed by atoms with Crippen LogP contribution in [0.1, 0.15) is 22.8 Å². The van der Waals surface area contributed by atoms with E-state index < -0.39 is 0 Å². The van der Waals surface area contributed by atoms with E-state index in [1.165, 1.54) is 0 Å². The third-order valence-corrected chi connectivity index (χ3v) is 3.42. The highest BCUT2D eigenvalue weighted by Gasteiger charge is 2.08. The summed E-state index contributed by atoms with van der Waals surface area (Å²) in [6, 6.07) is 13.8. The average molecular weight is 333 g/mol. The monoisotopic (exact) mass is 332 g/mol. The summed E-state index contributed by atoms with van der Waals surface area (Å²) in [7, 11) is 0. The van der Waals surface area contributed by atoms with E-state index in [1.54, 1.807) is 49.4 Å². The number of carbonyl (C=O) groups excluding carboxylic acids is 1. The number of hydrogen-bond acceptors (Lipinski definition) is 3. The molecule has 5 heteroatoms. The molecule has 1 amide bonds. The van der Waals surface area contributed by atoms with Crippen LogP contribution in [-0.2, 0) is 0 Å². The Bertz CT molecular complexity index is 651. The van der Waals surface area contributed by atoms with Crippen LogP contribution >= 0.6 is 15.9 Å². The fourth-order valence-electron chi connectivity index (χ4n) is 1.61. The number of rotatable bonds is 3. The third-order valence-electron chi connectivity index (χ3n) is 2.73. The number of hydrazone groups is 1. The molecule has 0 aromatic heterocycles. The van der Waals surface area contributed by atoms with Gasteiger partial charge in [-0.1, -0.05) is 12.1 Å². The normalized spacial score (nSPS) is 11.2. The second kappa shape index (κ2) is 6.34. The molecule has 2 rings (SSSR count). The predicted octanol–water partition coefficient (Wildman–Crippen LogP) is 3.31. The highest BCUT2D eigenvalue weighted by molar-refractivity contribution is 9.10. The zero-order chi connectivity index (χ0) is 14.5. The third kappa shape index (κ3) is 3.45. The molecule has 102 valence electrons. The minimum absolute atomic E-state index is 0.193. The number of aromatic hydroxyl groups is 1. The smallest absolute Gasteiger partial charge is 0.272 e. The lowest BCUT2D eigenvalue weighted by molar-refractivity contribution is 0.0954. The van der Waals surface area contributed by atoms with E-state index in [9.17, 15) is 9.90 Å². The van der Waals surface area contributed by atoms with Crippen molar-refractivity contribution in [3.8, 4) is 5.75 Å². The molecule has 0 aliphatic carbocycles. The van der Waals surface area contributed by atoms with Crippen molar-refractivity contribution in [1.29, 1.82) is 0 Å². The number of phenols is 1. The van der Waals surface area contributed by atoms with Gasteiger partial charge in [0.2, 0.25) is 0 Å². The number of hydrogen-bond donors (Lipinski definition) is 2. The topological polar surface area (TPSA) is 61.7 Å². The van der Waals surface area contributed by atoms with Crippen LogP contribution in [0.5, 0.6) is 5.75 Å². The quantitative estimate of drug-likeness (QED) is 0.669. The van der Waals surface area contributed by atoms with Gasteiger partial charge < -0.3 is 5.11 Å². The van der Waals surface area contributed by atoms with Crippen LogP contribution in [0.4, 0.5) is 0 Å². The fraction of sp³-hybridized carbons (Fsp3) is 0.0667. The molecule has 0 unspecified atom stereocenters. The molecular formula is C15H13BrN2O2. The molecule has 0 radical (unpaired) electrons. The fourth-order valence-corrected chi connectivity index (χ4v) is 2.07. The van der Waals surface area contributed by atoms with Gasteiger partial charge in [0, 0.05) is 4.47 Å². The van der Waals surface area contributed by atoms with Gasteiger partial charge in [-0.2, -0.15) is 5.10 Å². The van der Waals surface area contributed by atoms with Gasteiger partial charge in [-0.15, -0.1) is 0 Å². The van der Waals surface area contributed by atoms with Crippen LogP contribution in [0.25, 0.3) is 0 Å². The van der Waals surface area contributed by atoms with Gasteiger partial charge in [0.25, 0.3) is 5.91 Å². The molecule has 0 bridgehead atoms. The summed E-state index contributed by atoms with van der Waals surface area (Å²) in [5.41, 5.74) is 4.52. The SMILES string of the molecule is CC(=NNC(=O)c1ccccc1Br)c1ccc(O)cc1. The van der Waals surface area contributed by atoms with Crippen molar-refractivity contribution in [2.75, 3.05) is 0 Å². The number of carbonyl (C=O) groups is 1. The molecule has 2 aromatic carbocycles. The standard InChI is InChI=1S/C15H13BrN2O2/c1-10(11-6-8-12(19)9-7-11)17-18-15(20)13-4-2-3-5-14(13)16/h2-9,19H,1H3,(H,18,20). The van der Waals surface area contributed by atoms with Crippen molar-refractivity contribution in [2.24, 2.45) is 5.10 Å². The zero-order valence-corrected chi connectivity index (χ0v) is 12.4. The average Bonchev–Trinajstić information content (AvgIpc) is 2.45. The Balaban J connectivity index is 2.11. The van der Waals surface area contributed by atoms with E-state index in [2.05, 4.69) is 26.5 Å². The van der Waals surface area contributed by atoms with Crippen LogP contribution in [0.2, 0.25) is 0 Å². The molecule has 0 fully saturated rings. The second-order valence-corrected chi connectivity index (χ2v) is 5.02. The molecule has 0 spiro atoms. The second-order valence-electron chi connectivity index (χ2n) is 4.16. The Morgan fingerprint density at radius 2 is 1.80 bits per heavy atom. The molecule has 20 heavy (non-hydrogen) atoms. The molecule has 4 nitrogen and oxygen atoms in total. The first-order valence-corrected chi connectivity index (χ1v) is 6.76. The van der Waals surface area contributed by atoms with E-state index in [0.717, 1.165) is 10.0 Å². The van der Waals surface area contributed by atoms with Gasteiger partial charge in [-0.05, 0) is 64.8 Å². The number of halogens is 1. The summed E-state index contributed by atoms with van der Waals surface area (Å²) in [6.07, 6.45) is 0. The molecule has 0 saturated heterocycles. The van der Waals surface area contributed by atoms with Gasteiger partial charge in [0.05, 0.1) is 11.3 Å². The van der Waals surface area contributed by atoms with Gasteiger partial charge in [0.1, 0.15) is 5.75 Å². The van der Waals surface area contributed by atoms with E-state index in [0.29, 0.717) is 11.3 Å². The van der Waals surface area contributed by atoms with Gasteiger partial charge in [0.15, 0.2) is 0 Å². The van der Waals surface area contributed by atoms with Crippen molar-refractivity contribution < 1.29 is 9.90 Å². The Hall–Kier alpha value is -2.14. The van der Waals surface area contributed by atoms with Gasteiger partial charge in [-0.25, -0.2) is 5.43 Å². The summed E-state index contributed by atoms with van der Waals surface area (Å²) in [4.78, 5) is 12.0. The number of benzene rings is 2. The Morgan fingerprint density at radius 1 is 1.15 bits per heavy atom. The minimum atomic E-state index is -0.282. The minimum Gasteiger partial charge on any atom is -0.508 e. The van der Waals surface area contributed by atoms with E-state index >= 15 is 0 Å². The first-order valence-electron chi connectivity index (χ1n) is 5.96. The predicted molar refractivity (Wildman–Crippen MR) is 81.9 cm³/mol. The van der Waals surface area contributed by atoms with Crippen LogP contribution < -0.4 is 5.43 Å². The molecule has 0 aliphatic rings. The van der Waals surface area contributed by atoms with E-state index in [4.69, 9.17) is 0 Å². The van der Waals surface area contributed by atoms with Crippen LogP contribution in [0, 0.1) is 0 Å². The lowest BCUT2D eigenvalue weighted by atomic mass is 10.1. The summed E-state index contributed by atoms with van der Waals surface area (Å²) < 4.78 is 0.718. The lowest BCUT2D eigenvalue weighted by Gasteiger charge is -2.04. The lowest BCUT2D eigenvalue weighted by Crippen LogP contribution is -2.19. The molecule has 0 atom stereocenters. The number of nitrogens with zero attached hydrogens (tertiary/aromatic N) is 1. The maximum Gasteiger partial charge on any atom is 0.272 e. The maximum absolute atomic E-state index is 12.0. The van der Waals surface area contributed by atoms with Crippen LogP contribution in [-0.4, -0.2) is 16.7 Å². The summed E-state index contributed by atoms with van der Waals surface area (Å²) in [6.45, 7) is 1.78. The Labute approximate surface area is 125 Å². The van der Waals surface area contributed by atoms with Gasteiger partial charge >= 0.3 is 0 Å². The van der Waals surface area contributed by atoms with Crippen molar-refractivity contribution in [3.63, 3.8) is 0 Å². The van der Waals surface area contributed by atoms with Crippen molar-refractivity contribution in [1.82, 2.24) is 5.43 Å². The Kier molecular flexibility index (Phi) is 4.53.